The van der Waals surface area contributed by atoms with E-state index in [1.165, 1.54) is 11.8 Å². The molecule has 8 heteroatoms. The molecule has 0 bridgehead atoms. The number of carbonyl (C=O) groups is 1. The van der Waals surface area contributed by atoms with Crippen molar-refractivity contribution in [2.75, 3.05) is 5.32 Å². The molecule has 1 aromatic heterocycles. The molecule has 0 aliphatic carbocycles. The predicted octanol–water partition coefficient (Wildman–Crippen LogP) is 3.74. The van der Waals surface area contributed by atoms with Crippen molar-refractivity contribution in [2.45, 2.75) is 24.3 Å². The zero-order chi connectivity index (χ0) is 17.8. The van der Waals surface area contributed by atoms with Gasteiger partial charge in [-0.05, 0) is 48.5 Å². The lowest BCUT2D eigenvalue weighted by atomic mass is 10.2. The van der Waals surface area contributed by atoms with Gasteiger partial charge >= 0.3 is 0 Å². The fourth-order valence-corrected chi connectivity index (χ4v) is 3.10. The Bertz CT molecular complexity index is 881. The van der Waals surface area contributed by atoms with Gasteiger partial charge in [-0.15, -0.1) is 5.10 Å². The first-order chi connectivity index (χ1) is 12.0. The molecule has 1 amide bonds. The van der Waals surface area contributed by atoms with E-state index in [-0.39, 0.29) is 5.91 Å². The van der Waals surface area contributed by atoms with E-state index in [2.05, 4.69) is 20.8 Å². The molecule has 0 saturated heterocycles. The number of aryl methyl sites for hydroxylation is 1. The average Bonchev–Trinajstić information content (AvgIpc) is 3.05. The monoisotopic (exact) mass is 373 g/mol. The number of aromatic nitrogens is 4. The van der Waals surface area contributed by atoms with Crippen LogP contribution in [0.5, 0.6) is 0 Å². The molecule has 1 heterocycles. The van der Waals surface area contributed by atoms with Crippen molar-refractivity contribution in [3.8, 4) is 5.69 Å². The standard InChI is InChI=1S/C17H16ClN5OS/c1-11-7-9-13(10-8-11)23-17(20-21-22-23)25-12(2)16(24)19-15-6-4-3-5-14(15)18/h3-10,12H,1-2H3,(H,19,24). The molecule has 1 N–H and O–H groups in total. The number of benzene rings is 2. The van der Waals surface area contributed by atoms with Crippen molar-refractivity contribution in [3.05, 3.63) is 59.1 Å². The summed E-state index contributed by atoms with van der Waals surface area (Å²) in [4.78, 5) is 12.4. The molecule has 1 unspecified atom stereocenters. The highest BCUT2D eigenvalue weighted by atomic mass is 35.5. The topological polar surface area (TPSA) is 72.7 Å². The third kappa shape index (κ3) is 4.18. The molecule has 0 saturated carbocycles. The number of hydrogen-bond acceptors (Lipinski definition) is 5. The Balaban J connectivity index is 1.72. The number of tetrazole rings is 1. The summed E-state index contributed by atoms with van der Waals surface area (Å²) in [5, 5.41) is 15.2. The molecule has 0 spiro atoms. The molecule has 0 aliphatic rings. The van der Waals surface area contributed by atoms with Gasteiger partial charge in [0.25, 0.3) is 0 Å². The third-order valence-corrected chi connectivity index (χ3v) is 4.87. The minimum absolute atomic E-state index is 0.170. The van der Waals surface area contributed by atoms with Gasteiger partial charge in [0.05, 0.1) is 21.6 Å². The first kappa shape index (κ1) is 17.4. The molecule has 128 valence electrons. The largest absolute Gasteiger partial charge is 0.324 e. The Labute approximate surface area is 154 Å². The van der Waals surface area contributed by atoms with Gasteiger partial charge in [0.2, 0.25) is 11.1 Å². The van der Waals surface area contributed by atoms with Crippen LogP contribution in [0.1, 0.15) is 12.5 Å². The van der Waals surface area contributed by atoms with Gasteiger partial charge in [-0.25, -0.2) is 0 Å². The smallest absolute Gasteiger partial charge is 0.237 e. The molecule has 0 fully saturated rings. The van der Waals surface area contributed by atoms with Gasteiger partial charge in [0.15, 0.2) is 0 Å². The quantitative estimate of drug-likeness (QED) is 0.689. The Morgan fingerprint density at radius 3 is 2.64 bits per heavy atom. The Morgan fingerprint density at radius 2 is 1.92 bits per heavy atom. The summed E-state index contributed by atoms with van der Waals surface area (Å²) >= 11 is 7.36. The van der Waals surface area contributed by atoms with Crippen LogP contribution < -0.4 is 5.32 Å². The summed E-state index contributed by atoms with van der Waals surface area (Å²) in [6, 6.07) is 15.0. The number of amides is 1. The maximum absolute atomic E-state index is 12.4. The second-order valence-corrected chi connectivity index (χ2v) is 7.15. The molecule has 3 aromatic rings. The molecule has 3 rings (SSSR count). The Morgan fingerprint density at radius 1 is 1.20 bits per heavy atom. The van der Waals surface area contributed by atoms with E-state index >= 15 is 0 Å². The van der Waals surface area contributed by atoms with Crippen molar-refractivity contribution in [1.29, 1.82) is 0 Å². The summed E-state index contributed by atoms with van der Waals surface area (Å²) in [6.45, 7) is 3.81. The van der Waals surface area contributed by atoms with E-state index in [0.29, 0.717) is 15.9 Å². The van der Waals surface area contributed by atoms with Gasteiger partial charge in [0, 0.05) is 0 Å². The fraction of sp³-hybridized carbons (Fsp3) is 0.176. The van der Waals surface area contributed by atoms with Crippen LogP contribution in [0.2, 0.25) is 5.02 Å². The zero-order valence-electron chi connectivity index (χ0n) is 13.7. The number of halogens is 1. The minimum atomic E-state index is -0.397. The van der Waals surface area contributed by atoms with Gasteiger partial charge in [-0.2, -0.15) is 4.68 Å². The molecule has 0 radical (unpaired) electrons. The van der Waals surface area contributed by atoms with Crippen molar-refractivity contribution in [1.82, 2.24) is 20.2 Å². The number of nitrogens with zero attached hydrogens (tertiary/aromatic N) is 4. The number of anilines is 1. The van der Waals surface area contributed by atoms with Gasteiger partial charge < -0.3 is 5.32 Å². The molecule has 6 nitrogen and oxygen atoms in total. The second-order valence-electron chi connectivity index (χ2n) is 5.44. The van der Waals surface area contributed by atoms with E-state index in [9.17, 15) is 4.79 Å². The summed E-state index contributed by atoms with van der Waals surface area (Å²) in [5.41, 5.74) is 2.58. The lowest BCUT2D eigenvalue weighted by molar-refractivity contribution is -0.115. The minimum Gasteiger partial charge on any atom is -0.324 e. The van der Waals surface area contributed by atoms with Crippen LogP contribution in [0.4, 0.5) is 5.69 Å². The van der Waals surface area contributed by atoms with Crippen LogP contribution in [0.3, 0.4) is 0 Å². The fourth-order valence-electron chi connectivity index (χ4n) is 2.11. The highest BCUT2D eigenvalue weighted by Gasteiger charge is 2.20. The lowest BCUT2D eigenvalue weighted by Gasteiger charge is -2.12. The van der Waals surface area contributed by atoms with Crippen LogP contribution in [0.25, 0.3) is 5.69 Å². The van der Waals surface area contributed by atoms with E-state index in [1.807, 2.05) is 43.3 Å². The average molecular weight is 374 g/mol. The van der Waals surface area contributed by atoms with E-state index in [4.69, 9.17) is 11.6 Å². The maximum atomic E-state index is 12.4. The summed E-state index contributed by atoms with van der Waals surface area (Å²) < 4.78 is 1.61. The molecule has 2 aromatic carbocycles. The maximum Gasteiger partial charge on any atom is 0.237 e. The first-order valence-electron chi connectivity index (χ1n) is 7.62. The highest BCUT2D eigenvalue weighted by molar-refractivity contribution is 8.00. The van der Waals surface area contributed by atoms with Crippen LogP contribution in [-0.4, -0.2) is 31.4 Å². The normalized spacial score (nSPS) is 12.0. The number of carbonyl (C=O) groups excluding carboxylic acids is 1. The van der Waals surface area contributed by atoms with E-state index in [1.54, 1.807) is 23.7 Å². The SMILES string of the molecule is Cc1ccc(-n2nnnc2SC(C)C(=O)Nc2ccccc2Cl)cc1. The summed E-state index contributed by atoms with van der Waals surface area (Å²) in [5.74, 6) is -0.170. The van der Waals surface area contributed by atoms with Gasteiger partial charge in [0.1, 0.15) is 0 Å². The van der Waals surface area contributed by atoms with Crippen LogP contribution in [0.15, 0.2) is 53.7 Å². The molecule has 1 atom stereocenters. The Kier molecular flexibility index (Phi) is 5.35. The van der Waals surface area contributed by atoms with Crippen molar-refractivity contribution < 1.29 is 4.79 Å². The molecule has 25 heavy (non-hydrogen) atoms. The highest BCUT2D eigenvalue weighted by Crippen LogP contribution is 2.26. The number of hydrogen-bond donors (Lipinski definition) is 1. The number of para-hydroxylation sites is 1. The molecule has 0 aliphatic heterocycles. The number of rotatable bonds is 5. The third-order valence-electron chi connectivity index (χ3n) is 3.50. The molecular weight excluding hydrogens is 358 g/mol. The molecular formula is C17H16ClN5OS. The van der Waals surface area contributed by atoms with Crippen molar-refractivity contribution >= 4 is 35.0 Å². The van der Waals surface area contributed by atoms with Crippen LogP contribution in [0, 0.1) is 6.92 Å². The Hall–Kier alpha value is -2.38. The second kappa shape index (κ2) is 7.67. The predicted molar refractivity (Wildman–Crippen MR) is 99.3 cm³/mol. The van der Waals surface area contributed by atoms with E-state index < -0.39 is 5.25 Å². The van der Waals surface area contributed by atoms with Gasteiger partial charge in [-0.1, -0.05) is 53.2 Å². The van der Waals surface area contributed by atoms with Crippen LogP contribution in [-0.2, 0) is 4.79 Å². The summed E-state index contributed by atoms with van der Waals surface area (Å²) in [6.07, 6.45) is 0. The zero-order valence-corrected chi connectivity index (χ0v) is 15.3. The van der Waals surface area contributed by atoms with E-state index in [0.717, 1.165) is 11.3 Å². The lowest BCUT2D eigenvalue weighted by Crippen LogP contribution is -2.23. The van der Waals surface area contributed by atoms with Crippen LogP contribution >= 0.6 is 23.4 Å². The van der Waals surface area contributed by atoms with Crippen molar-refractivity contribution in [3.63, 3.8) is 0 Å². The number of thioether (sulfide) groups is 1. The first-order valence-corrected chi connectivity index (χ1v) is 8.88. The van der Waals surface area contributed by atoms with Gasteiger partial charge in [-0.3, -0.25) is 4.79 Å². The van der Waals surface area contributed by atoms with Crippen molar-refractivity contribution in [2.24, 2.45) is 0 Å². The number of nitrogens with one attached hydrogen (secondary N) is 1. The summed E-state index contributed by atoms with van der Waals surface area (Å²) in [7, 11) is 0.